The van der Waals surface area contributed by atoms with Gasteiger partial charge in [0.1, 0.15) is 5.82 Å². The van der Waals surface area contributed by atoms with Crippen LogP contribution < -0.4 is 10.1 Å². The summed E-state index contributed by atoms with van der Waals surface area (Å²) >= 11 is 0. The number of hydrogen-bond acceptors (Lipinski definition) is 4. The molecule has 0 aliphatic carbocycles. The number of aromatic hydroxyl groups is 1. The highest BCUT2D eigenvalue weighted by molar-refractivity contribution is 6.05. The minimum atomic E-state index is -0.356. The van der Waals surface area contributed by atoms with Crippen molar-refractivity contribution in [3.63, 3.8) is 0 Å². The molecular weight excluding hydrogens is 347 g/mol. The second-order valence-corrected chi connectivity index (χ2v) is 5.76. The van der Waals surface area contributed by atoms with Crippen LogP contribution in [0, 0.1) is 12.7 Å². The van der Waals surface area contributed by atoms with E-state index in [0.717, 1.165) is 5.56 Å². The molecule has 1 aromatic heterocycles. The molecule has 1 amide bonds. The van der Waals surface area contributed by atoms with Gasteiger partial charge in [-0.3, -0.25) is 9.78 Å². The van der Waals surface area contributed by atoms with Crippen molar-refractivity contribution in [2.24, 2.45) is 0 Å². The van der Waals surface area contributed by atoms with Gasteiger partial charge in [0.25, 0.3) is 5.91 Å². The summed E-state index contributed by atoms with van der Waals surface area (Å²) in [6.07, 6.45) is 3.07. The van der Waals surface area contributed by atoms with Gasteiger partial charge in [0.05, 0.1) is 12.7 Å². The molecule has 6 heteroatoms. The molecule has 1 heterocycles. The standard InChI is InChI=1S/C20H17FN2O3.CH4/c1-12-7-16(21)4-5-17(12)23-20(25)15-8-14(10-22-11-15)13-3-6-18(24)19(9-13)26-2;/h3-11,24H,1-2H3,(H,23,25);1H4. The second kappa shape index (κ2) is 8.31. The number of amides is 1. The Balaban J connectivity index is 0.00000261. The summed E-state index contributed by atoms with van der Waals surface area (Å²) < 4.78 is 18.3. The van der Waals surface area contributed by atoms with E-state index in [1.165, 1.54) is 37.6 Å². The van der Waals surface area contributed by atoms with E-state index in [9.17, 15) is 14.3 Å². The van der Waals surface area contributed by atoms with Gasteiger partial charge < -0.3 is 15.2 Å². The first kappa shape index (κ1) is 19.9. The number of ether oxygens (including phenoxy) is 1. The van der Waals surface area contributed by atoms with Crippen LogP contribution in [0.4, 0.5) is 10.1 Å². The number of nitrogens with one attached hydrogen (secondary N) is 1. The Morgan fingerprint density at radius 1 is 1.11 bits per heavy atom. The van der Waals surface area contributed by atoms with Crippen molar-refractivity contribution >= 4 is 11.6 Å². The summed E-state index contributed by atoms with van der Waals surface area (Å²) in [6, 6.07) is 10.7. The van der Waals surface area contributed by atoms with Crippen molar-refractivity contribution in [3.05, 3.63) is 71.8 Å². The van der Waals surface area contributed by atoms with Crippen LogP contribution in [0.15, 0.2) is 54.9 Å². The van der Waals surface area contributed by atoms with Crippen molar-refractivity contribution in [1.29, 1.82) is 0 Å². The van der Waals surface area contributed by atoms with Gasteiger partial charge in [-0.15, -0.1) is 0 Å². The predicted octanol–water partition coefficient (Wildman–Crippen LogP) is 4.80. The molecule has 140 valence electrons. The monoisotopic (exact) mass is 368 g/mol. The molecule has 2 N–H and O–H groups in total. The molecule has 0 unspecified atom stereocenters. The molecular formula is C21H21FN2O3. The van der Waals surface area contributed by atoms with Crippen LogP contribution in [0.2, 0.25) is 0 Å². The van der Waals surface area contributed by atoms with Crippen molar-refractivity contribution in [2.45, 2.75) is 14.4 Å². The maximum absolute atomic E-state index is 13.2. The van der Waals surface area contributed by atoms with Crippen molar-refractivity contribution in [2.75, 3.05) is 12.4 Å². The number of anilines is 1. The number of carbonyl (C=O) groups excluding carboxylic acids is 1. The Hall–Kier alpha value is -3.41. The zero-order valence-corrected chi connectivity index (χ0v) is 14.3. The van der Waals surface area contributed by atoms with Gasteiger partial charge in [-0.2, -0.15) is 0 Å². The van der Waals surface area contributed by atoms with E-state index in [0.29, 0.717) is 28.1 Å². The predicted molar refractivity (Wildman–Crippen MR) is 104 cm³/mol. The highest BCUT2D eigenvalue weighted by Gasteiger charge is 2.11. The summed E-state index contributed by atoms with van der Waals surface area (Å²) in [4.78, 5) is 16.6. The molecule has 3 aromatic rings. The molecule has 0 radical (unpaired) electrons. The molecule has 0 aliphatic heterocycles. The van der Waals surface area contributed by atoms with Gasteiger partial charge in [0.2, 0.25) is 0 Å². The largest absolute Gasteiger partial charge is 0.504 e. The molecule has 0 bridgehead atoms. The summed E-state index contributed by atoms with van der Waals surface area (Å²) in [5.74, 6) is -0.338. The number of rotatable bonds is 4. The maximum Gasteiger partial charge on any atom is 0.257 e. The van der Waals surface area contributed by atoms with E-state index in [-0.39, 0.29) is 24.9 Å². The SMILES string of the molecule is C.COc1cc(-c2cncc(C(=O)Nc3ccc(F)cc3C)c2)ccc1O. The average Bonchev–Trinajstić information content (AvgIpc) is 2.64. The van der Waals surface area contributed by atoms with E-state index in [2.05, 4.69) is 10.3 Å². The zero-order valence-electron chi connectivity index (χ0n) is 14.3. The summed E-state index contributed by atoms with van der Waals surface area (Å²) in [7, 11) is 1.46. The molecule has 0 saturated carbocycles. The lowest BCUT2D eigenvalue weighted by molar-refractivity contribution is 0.102. The number of aromatic nitrogens is 1. The topological polar surface area (TPSA) is 71.5 Å². The number of methoxy groups -OCH3 is 1. The quantitative estimate of drug-likeness (QED) is 0.694. The lowest BCUT2D eigenvalue weighted by Gasteiger charge is -2.10. The van der Waals surface area contributed by atoms with Crippen molar-refractivity contribution < 1.29 is 19.0 Å². The van der Waals surface area contributed by atoms with Crippen LogP contribution in [-0.2, 0) is 0 Å². The molecule has 0 spiro atoms. The lowest BCUT2D eigenvalue weighted by Crippen LogP contribution is -2.13. The highest BCUT2D eigenvalue weighted by atomic mass is 19.1. The fourth-order valence-corrected chi connectivity index (χ4v) is 2.54. The number of nitrogens with zero attached hydrogens (tertiary/aromatic N) is 1. The van der Waals surface area contributed by atoms with Gasteiger partial charge in [-0.05, 0) is 54.4 Å². The van der Waals surface area contributed by atoms with Crippen molar-refractivity contribution in [3.8, 4) is 22.6 Å². The Labute approximate surface area is 157 Å². The number of hydrogen-bond donors (Lipinski definition) is 2. The van der Waals surface area contributed by atoms with Gasteiger partial charge in [-0.25, -0.2) is 4.39 Å². The normalized spacial score (nSPS) is 10.0. The van der Waals surface area contributed by atoms with E-state index >= 15 is 0 Å². The van der Waals surface area contributed by atoms with Gasteiger partial charge >= 0.3 is 0 Å². The van der Waals surface area contributed by atoms with Gasteiger partial charge in [0, 0.05) is 23.6 Å². The minimum Gasteiger partial charge on any atom is -0.504 e. The number of phenolic OH excluding ortho intramolecular Hbond substituents is 1. The molecule has 27 heavy (non-hydrogen) atoms. The first-order chi connectivity index (χ1) is 12.5. The maximum atomic E-state index is 13.2. The lowest BCUT2D eigenvalue weighted by atomic mass is 10.0. The molecule has 2 aromatic carbocycles. The average molecular weight is 368 g/mol. The molecule has 0 fully saturated rings. The van der Waals surface area contributed by atoms with Crippen LogP contribution in [0.3, 0.4) is 0 Å². The highest BCUT2D eigenvalue weighted by Crippen LogP contribution is 2.31. The van der Waals surface area contributed by atoms with E-state index in [1.807, 2.05) is 0 Å². The third kappa shape index (κ3) is 4.41. The molecule has 0 aliphatic rings. The molecule has 3 rings (SSSR count). The Morgan fingerprint density at radius 2 is 1.89 bits per heavy atom. The second-order valence-electron chi connectivity index (χ2n) is 5.76. The first-order valence-corrected chi connectivity index (χ1v) is 7.88. The summed E-state index contributed by atoms with van der Waals surface area (Å²) in [5.41, 5.74) is 2.98. The number of pyridine rings is 1. The van der Waals surface area contributed by atoms with Crippen LogP contribution in [0.1, 0.15) is 23.3 Å². The van der Waals surface area contributed by atoms with Crippen LogP contribution >= 0.6 is 0 Å². The van der Waals surface area contributed by atoms with Crippen LogP contribution in [0.5, 0.6) is 11.5 Å². The number of phenols is 1. The Kier molecular flexibility index (Phi) is 6.13. The fourth-order valence-electron chi connectivity index (χ4n) is 2.54. The Morgan fingerprint density at radius 3 is 2.59 bits per heavy atom. The van der Waals surface area contributed by atoms with E-state index in [1.54, 1.807) is 31.3 Å². The molecule has 0 saturated heterocycles. The molecule has 0 atom stereocenters. The van der Waals surface area contributed by atoms with Gasteiger partial charge in [-0.1, -0.05) is 13.5 Å². The number of carbonyl (C=O) groups is 1. The first-order valence-electron chi connectivity index (χ1n) is 7.88. The van der Waals surface area contributed by atoms with Crippen LogP contribution in [0.25, 0.3) is 11.1 Å². The summed E-state index contributed by atoms with van der Waals surface area (Å²) in [5, 5.41) is 12.5. The Bertz CT molecular complexity index is 973. The smallest absolute Gasteiger partial charge is 0.257 e. The van der Waals surface area contributed by atoms with E-state index < -0.39 is 0 Å². The van der Waals surface area contributed by atoms with Crippen LogP contribution in [-0.4, -0.2) is 23.1 Å². The van der Waals surface area contributed by atoms with Gasteiger partial charge in [0.15, 0.2) is 11.5 Å². The van der Waals surface area contributed by atoms with E-state index in [4.69, 9.17) is 4.74 Å². The number of halogens is 1. The number of aryl methyl sites for hydroxylation is 1. The fraction of sp³-hybridized carbons (Fsp3) is 0.143. The van der Waals surface area contributed by atoms with Crippen molar-refractivity contribution in [1.82, 2.24) is 4.98 Å². The third-order valence-corrected chi connectivity index (χ3v) is 3.95. The zero-order chi connectivity index (χ0) is 18.7. The molecule has 5 nitrogen and oxygen atoms in total. The third-order valence-electron chi connectivity index (χ3n) is 3.95. The minimum absolute atomic E-state index is 0. The number of benzene rings is 2. The summed E-state index contributed by atoms with van der Waals surface area (Å²) in [6.45, 7) is 1.72.